The molecule has 1 atom stereocenters. The first kappa shape index (κ1) is 12.0. The van der Waals surface area contributed by atoms with E-state index >= 15 is 0 Å². The standard InChI is InChI=1S/C11H19NO3/c1-10(2,3)15-9(14)12-6-8(7-13)11(12,4)5/h7-8H,6H2,1-5H3/t8-/m1/s1. The molecule has 0 aromatic heterocycles. The minimum absolute atomic E-state index is 0.0787. The molecule has 1 aliphatic rings. The van der Waals surface area contributed by atoms with Gasteiger partial charge in [-0.25, -0.2) is 4.79 Å². The fraction of sp³-hybridized carbons (Fsp3) is 0.818. The van der Waals surface area contributed by atoms with Crippen LogP contribution in [-0.4, -0.2) is 35.0 Å². The van der Waals surface area contributed by atoms with Gasteiger partial charge in [-0.05, 0) is 34.6 Å². The highest BCUT2D eigenvalue weighted by Crippen LogP contribution is 2.35. The SMILES string of the molecule is CC(C)(C)OC(=O)N1C[C@H](C=O)C1(C)C. The second kappa shape index (κ2) is 3.51. The molecule has 1 saturated heterocycles. The van der Waals surface area contributed by atoms with E-state index in [1.807, 2.05) is 34.6 Å². The third-order valence-corrected chi connectivity index (χ3v) is 2.76. The van der Waals surface area contributed by atoms with Crippen LogP contribution in [0.2, 0.25) is 0 Å². The number of carbonyl (C=O) groups excluding carboxylic acids is 2. The number of rotatable bonds is 1. The Morgan fingerprint density at radius 3 is 2.33 bits per heavy atom. The first-order valence-electron chi connectivity index (χ1n) is 5.14. The van der Waals surface area contributed by atoms with Crippen LogP contribution >= 0.6 is 0 Å². The fourth-order valence-electron chi connectivity index (χ4n) is 1.58. The Kier molecular flexibility index (Phi) is 2.81. The van der Waals surface area contributed by atoms with Crippen LogP contribution in [0.3, 0.4) is 0 Å². The van der Waals surface area contributed by atoms with Crippen LogP contribution in [0.25, 0.3) is 0 Å². The summed E-state index contributed by atoms with van der Waals surface area (Å²) in [5.41, 5.74) is -0.899. The highest BCUT2D eigenvalue weighted by atomic mass is 16.6. The molecule has 0 spiro atoms. The number of likely N-dealkylation sites (tertiary alicyclic amines) is 1. The predicted octanol–water partition coefficient (Wildman–Crippen LogP) is 1.83. The lowest BCUT2D eigenvalue weighted by Gasteiger charge is -2.52. The molecule has 4 heteroatoms. The molecule has 15 heavy (non-hydrogen) atoms. The van der Waals surface area contributed by atoms with Crippen LogP contribution < -0.4 is 0 Å². The average Bonchev–Trinajstić information content (AvgIpc) is 1.99. The van der Waals surface area contributed by atoms with Crippen LogP contribution in [0, 0.1) is 5.92 Å². The second-order valence-corrected chi connectivity index (χ2v) is 5.49. The number of aldehydes is 1. The number of hydrogen-bond acceptors (Lipinski definition) is 3. The topological polar surface area (TPSA) is 46.6 Å². The first-order valence-corrected chi connectivity index (χ1v) is 5.14. The van der Waals surface area contributed by atoms with E-state index in [0.717, 1.165) is 6.29 Å². The van der Waals surface area contributed by atoms with E-state index in [4.69, 9.17) is 4.74 Å². The maximum atomic E-state index is 11.7. The van der Waals surface area contributed by atoms with Gasteiger partial charge in [0.1, 0.15) is 11.9 Å². The Bertz CT molecular complexity index is 278. The number of hydrogen-bond donors (Lipinski definition) is 0. The summed E-state index contributed by atoms with van der Waals surface area (Å²) in [6, 6.07) is 0. The number of carbonyl (C=O) groups is 2. The van der Waals surface area contributed by atoms with Gasteiger partial charge in [0.05, 0.1) is 11.5 Å². The maximum absolute atomic E-state index is 11.7. The van der Waals surface area contributed by atoms with Crippen molar-refractivity contribution in [1.82, 2.24) is 4.90 Å². The molecule has 0 saturated carbocycles. The summed E-state index contributed by atoms with van der Waals surface area (Å²) in [4.78, 5) is 24.0. The minimum atomic E-state index is -0.487. The summed E-state index contributed by atoms with van der Waals surface area (Å²) in [6.45, 7) is 9.70. The lowest BCUT2D eigenvalue weighted by atomic mass is 9.78. The van der Waals surface area contributed by atoms with Gasteiger partial charge < -0.3 is 14.4 Å². The predicted molar refractivity (Wildman–Crippen MR) is 56.6 cm³/mol. The lowest BCUT2D eigenvalue weighted by Crippen LogP contribution is -2.66. The van der Waals surface area contributed by atoms with E-state index in [-0.39, 0.29) is 12.0 Å². The molecule has 86 valence electrons. The van der Waals surface area contributed by atoms with E-state index in [2.05, 4.69) is 0 Å². The molecule has 0 bridgehead atoms. The summed E-state index contributed by atoms with van der Waals surface area (Å²) in [5, 5.41) is 0. The summed E-state index contributed by atoms with van der Waals surface area (Å²) in [7, 11) is 0. The number of amides is 1. The summed E-state index contributed by atoms with van der Waals surface area (Å²) < 4.78 is 5.24. The van der Waals surface area contributed by atoms with Crippen molar-refractivity contribution in [3.63, 3.8) is 0 Å². The maximum Gasteiger partial charge on any atom is 0.410 e. The van der Waals surface area contributed by atoms with Crippen molar-refractivity contribution in [2.75, 3.05) is 6.54 Å². The normalized spacial score (nSPS) is 24.3. The molecule has 0 radical (unpaired) electrons. The monoisotopic (exact) mass is 213 g/mol. The zero-order valence-electron chi connectivity index (χ0n) is 10.0. The van der Waals surface area contributed by atoms with Crippen molar-refractivity contribution in [3.05, 3.63) is 0 Å². The molecule has 0 aromatic carbocycles. The van der Waals surface area contributed by atoms with Gasteiger partial charge in [0.2, 0.25) is 0 Å². The molecule has 0 aliphatic carbocycles. The van der Waals surface area contributed by atoms with Crippen molar-refractivity contribution in [2.45, 2.75) is 45.8 Å². The Balaban J connectivity index is 2.62. The Morgan fingerprint density at radius 1 is 1.47 bits per heavy atom. The van der Waals surface area contributed by atoms with Crippen molar-refractivity contribution in [3.8, 4) is 0 Å². The highest BCUT2D eigenvalue weighted by molar-refractivity contribution is 5.74. The van der Waals surface area contributed by atoms with E-state index in [1.165, 1.54) is 0 Å². The molecule has 1 rings (SSSR count). The summed E-state index contributed by atoms with van der Waals surface area (Å²) >= 11 is 0. The average molecular weight is 213 g/mol. The van der Waals surface area contributed by atoms with Gasteiger partial charge >= 0.3 is 6.09 Å². The molecule has 0 unspecified atom stereocenters. The first-order chi connectivity index (χ1) is 6.68. The van der Waals surface area contributed by atoms with Crippen LogP contribution in [0.1, 0.15) is 34.6 Å². The Labute approximate surface area is 90.6 Å². The van der Waals surface area contributed by atoms with Crippen LogP contribution in [-0.2, 0) is 9.53 Å². The number of nitrogens with zero attached hydrogens (tertiary/aromatic N) is 1. The largest absolute Gasteiger partial charge is 0.444 e. The molecule has 1 fully saturated rings. The highest BCUT2D eigenvalue weighted by Gasteiger charge is 2.50. The van der Waals surface area contributed by atoms with Crippen molar-refractivity contribution < 1.29 is 14.3 Å². The van der Waals surface area contributed by atoms with Crippen molar-refractivity contribution in [1.29, 1.82) is 0 Å². The quantitative estimate of drug-likeness (QED) is 0.624. The molecular weight excluding hydrogens is 194 g/mol. The Hall–Kier alpha value is -1.06. The molecular formula is C11H19NO3. The van der Waals surface area contributed by atoms with Gasteiger partial charge in [-0.2, -0.15) is 0 Å². The van der Waals surface area contributed by atoms with Crippen LogP contribution in [0.4, 0.5) is 4.79 Å². The second-order valence-electron chi connectivity index (χ2n) is 5.49. The molecule has 0 N–H and O–H groups in total. The van der Waals surface area contributed by atoms with Gasteiger partial charge in [-0.3, -0.25) is 0 Å². The van der Waals surface area contributed by atoms with Crippen molar-refractivity contribution >= 4 is 12.4 Å². The lowest BCUT2D eigenvalue weighted by molar-refractivity contribution is -0.126. The van der Waals surface area contributed by atoms with Gasteiger partial charge in [0.25, 0.3) is 0 Å². The van der Waals surface area contributed by atoms with Gasteiger partial charge in [0.15, 0.2) is 0 Å². The minimum Gasteiger partial charge on any atom is -0.444 e. The molecule has 1 amide bonds. The Morgan fingerprint density at radius 2 is 2.00 bits per heavy atom. The van der Waals surface area contributed by atoms with E-state index in [0.29, 0.717) is 6.54 Å². The smallest absolute Gasteiger partial charge is 0.410 e. The summed E-state index contributed by atoms with van der Waals surface area (Å²) in [6.07, 6.45) is 0.562. The summed E-state index contributed by atoms with van der Waals surface area (Å²) in [5.74, 6) is -0.0787. The molecule has 4 nitrogen and oxygen atoms in total. The zero-order chi connectivity index (χ0) is 11.9. The van der Waals surface area contributed by atoms with E-state index in [9.17, 15) is 9.59 Å². The fourth-order valence-corrected chi connectivity index (χ4v) is 1.58. The third kappa shape index (κ3) is 2.30. The number of ether oxygens (including phenoxy) is 1. The van der Waals surface area contributed by atoms with Crippen LogP contribution in [0.5, 0.6) is 0 Å². The third-order valence-electron chi connectivity index (χ3n) is 2.76. The molecule has 1 heterocycles. The zero-order valence-corrected chi connectivity index (χ0v) is 10.0. The van der Waals surface area contributed by atoms with Gasteiger partial charge in [-0.15, -0.1) is 0 Å². The van der Waals surface area contributed by atoms with E-state index < -0.39 is 11.1 Å². The van der Waals surface area contributed by atoms with Gasteiger partial charge in [-0.1, -0.05) is 0 Å². The van der Waals surface area contributed by atoms with Gasteiger partial charge in [0, 0.05) is 6.54 Å². The molecule has 1 aliphatic heterocycles. The molecule has 0 aromatic rings. The van der Waals surface area contributed by atoms with Crippen molar-refractivity contribution in [2.24, 2.45) is 5.92 Å². The van der Waals surface area contributed by atoms with Crippen LogP contribution in [0.15, 0.2) is 0 Å². The van der Waals surface area contributed by atoms with E-state index in [1.54, 1.807) is 4.90 Å².